The number of para-hydroxylation sites is 2. The van der Waals surface area contributed by atoms with Crippen molar-refractivity contribution in [3.63, 3.8) is 0 Å². The van der Waals surface area contributed by atoms with Crippen LogP contribution in [-0.2, 0) is 0 Å². The minimum Gasteiger partial charge on any atom is -0.318 e. The summed E-state index contributed by atoms with van der Waals surface area (Å²) in [6, 6.07) is 5.38. The van der Waals surface area contributed by atoms with E-state index in [1.54, 1.807) is 31.2 Å². The number of halogens is 3. The molecule has 1 aromatic carbocycles. The van der Waals surface area contributed by atoms with Crippen molar-refractivity contribution < 1.29 is 13.2 Å². The third-order valence-corrected chi connectivity index (χ3v) is 2.76. The van der Waals surface area contributed by atoms with Crippen molar-refractivity contribution in [3.05, 3.63) is 30.6 Å². The maximum absolute atomic E-state index is 12.9. The Kier molecular flexibility index (Phi) is 3.09. The van der Waals surface area contributed by atoms with Crippen LogP contribution in [0.4, 0.5) is 13.2 Å². The first kappa shape index (κ1) is 12.0. The average Bonchev–Trinajstić information content (AvgIpc) is 2.68. The molecule has 1 atom stereocenters. The molecular weight excluding hydrogens is 229 g/mol. The summed E-state index contributed by atoms with van der Waals surface area (Å²) in [4.78, 5) is 4.00. The van der Waals surface area contributed by atoms with Gasteiger partial charge in [0.15, 0.2) is 0 Å². The molecule has 0 spiro atoms. The summed E-state index contributed by atoms with van der Waals surface area (Å²) < 4.78 is 40.1. The lowest BCUT2D eigenvalue weighted by atomic mass is 10.1. The van der Waals surface area contributed by atoms with E-state index in [9.17, 15) is 13.2 Å². The number of nitrogens with zero attached hydrogens (tertiary/aromatic N) is 2. The zero-order chi connectivity index (χ0) is 12.5. The molecule has 1 aromatic heterocycles. The number of benzene rings is 1. The van der Waals surface area contributed by atoms with Crippen molar-refractivity contribution in [1.82, 2.24) is 9.55 Å². The Bertz CT molecular complexity index is 502. The van der Waals surface area contributed by atoms with Crippen LogP contribution in [0.2, 0.25) is 0 Å². The van der Waals surface area contributed by atoms with Gasteiger partial charge in [0.25, 0.3) is 0 Å². The highest BCUT2D eigenvalue weighted by Crippen LogP contribution is 2.35. The molecule has 2 aromatic rings. The monoisotopic (exact) mass is 242 g/mol. The van der Waals surface area contributed by atoms with Gasteiger partial charge in [0.2, 0.25) is 0 Å². The van der Waals surface area contributed by atoms with Crippen molar-refractivity contribution in [1.29, 1.82) is 0 Å². The van der Waals surface area contributed by atoms with Crippen molar-refractivity contribution >= 4 is 11.0 Å². The van der Waals surface area contributed by atoms with Gasteiger partial charge in [0, 0.05) is 0 Å². The van der Waals surface area contributed by atoms with E-state index in [4.69, 9.17) is 0 Å². The van der Waals surface area contributed by atoms with Gasteiger partial charge in [0.05, 0.1) is 17.4 Å². The molecule has 92 valence electrons. The van der Waals surface area contributed by atoms with Crippen molar-refractivity contribution in [2.75, 3.05) is 0 Å². The maximum atomic E-state index is 12.9. The Morgan fingerprint density at radius 2 is 2.00 bits per heavy atom. The minimum atomic E-state index is -4.24. The lowest BCUT2D eigenvalue weighted by molar-refractivity contribution is -0.168. The molecule has 17 heavy (non-hydrogen) atoms. The van der Waals surface area contributed by atoms with Crippen LogP contribution in [0.3, 0.4) is 0 Å². The molecular formula is C12H13F3N2. The molecule has 0 bridgehead atoms. The number of aromatic nitrogens is 2. The van der Waals surface area contributed by atoms with E-state index >= 15 is 0 Å². The van der Waals surface area contributed by atoms with Crippen LogP contribution in [0.5, 0.6) is 0 Å². The lowest BCUT2D eigenvalue weighted by Gasteiger charge is -2.21. The van der Waals surface area contributed by atoms with Crippen LogP contribution in [0.25, 0.3) is 11.0 Å². The Labute approximate surface area is 97.1 Å². The number of alkyl halides is 3. The van der Waals surface area contributed by atoms with Crippen LogP contribution in [0, 0.1) is 0 Å². The van der Waals surface area contributed by atoms with E-state index in [1.165, 1.54) is 10.9 Å². The fourth-order valence-corrected chi connectivity index (χ4v) is 1.96. The smallest absolute Gasteiger partial charge is 0.318 e. The normalized spacial score (nSPS) is 14.1. The van der Waals surface area contributed by atoms with Gasteiger partial charge in [-0.25, -0.2) is 4.98 Å². The molecule has 0 amide bonds. The second-order valence-electron chi connectivity index (χ2n) is 3.99. The molecule has 2 nitrogen and oxygen atoms in total. The Hall–Kier alpha value is -1.52. The van der Waals surface area contributed by atoms with Crippen LogP contribution in [0.1, 0.15) is 25.8 Å². The van der Waals surface area contributed by atoms with Crippen molar-refractivity contribution in [3.8, 4) is 0 Å². The second-order valence-corrected chi connectivity index (χ2v) is 3.99. The summed E-state index contributed by atoms with van der Waals surface area (Å²) in [6.07, 6.45) is -2.40. The fraction of sp³-hybridized carbons (Fsp3) is 0.417. The predicted molar refractivity (Wildman–Crippen MR) is 59.7 cm³/mol. The molecule has 0 aliphatic heterocycles. The SMILES string of the molecule is CCCC(n1cnc2ccccc21)C(F)(F)F. The third-order valence-electron chi connectivity index (χ3n) is 2.76. The molecule has 0 saturated heterocycles. The van der Waals surface area contributed by atoms with Gasteiger partial charge in [0.1, 0.15) is 6.04 Å². The van der Waals surface area contributed by atoms with Crippen molar-refractivity contribution in [2.45, 2.75) is 32.0 Å². The van der Waals surface area contributed by atoms with Gasteiger partial charge in [-0.05, 0) is 18.6 Å². The van der Waals surface area contributed by atoms with E-state index in [0.717, 1.165) is 0 Å². The van der Waals surface area contributed by atoms with Crippen molar-refractivity contribution in [2.24, 2.45) is 0 Å². The van der Waals surface area contributed by atoms with Crippen LogP contribution >= 0.6 is 0 Å². The maximum Gasteiger partial charge on any atom is 0.409 e. The highest BCUT2D eigenvalue weighted by molar-refractivity contribution is 5.75. The van der Waals surface area contributed by atoms with Crippen LogP contribution in [0.15, 0.2) is 30.6 Å². The molecule has 2 rings (SSSR count). The van der Waals surface area contributed by atoms with Gasteiger partial charge in [-0.3, -0.25) is 0 Å². The lowest BCUT2D eigenvalue weighted by Crippen LogP contribution is -2.25. The van der Waals surface area contributed by atoms with E-state index in [-0.39, 0.29) is 6.42 Å². The summed E-state index contributed by atoms with van der Waals surface area (Å²) in [6.45, 7) is 1.75. The molecule has 1 heterocycles. The first-order chi connectivity index (χ1) is 8.04. The van der Waals surface area contributed by atoms with E-state index in [2.05, 4.69) is 4.98 Å². The van der Waals surface area contributed by atoms with Crippen LogP contribution in [-0.4, -0.2) is 15.7 Å². The third kappa shape index (κ3) is 2.28. The zero-order valence-corrected chi connectivity index (χ0v) is 9.41. The molecule has 0 radical (unpaired) electrons. The highest BCUT2D eigenvalue weighted by atomic mass is 19.4. The van der Waals surface area contributed by atoms with E-state index in [0.29, 0.717) is 17.5 Å². The first-order valence-corrected chi connectivity index (χ1v) is 5.52. The Balaban J connectivity index is 2.49. The minimum absolute atomic E-state index is 0.0733. The number of fused-ring (bicyclic) bond motifs is 1. The second kappa shape index (κ2) is 4.39. The molecule has 1 unspecified atom stereocenters. The number of imidazole rings is 1. The number of rotatable bonds is 3. The predicted octanol–water partition coefficient (Wildman–Crippen LogP) is 3.94. The van der Waals surface area contributed by atoms with Gasteiger partial charge < -0.3 is 4.57 Å². The zero-order valence-electron chi connectivity index (χ0n) is 9.41. The standard InChI is InChI=1S/C12H13F3N2/c1-2-5-11(12(13,14)15)17-8-16-9-6-3-4-7-10(9)17/h3-4,6-8,11H,2,5H2,1H3. The van der Waals surface area contributed by atoms with Gasteiger partial charge >= 0.3 is 6.18 Å². The summed E-state index contributed by atoms with van der Waals surface area (Å²) in [7, 11) is 0. The van der Waals surface area contributed by atoms with Gasteiger partial charge in [-0.15, -0.1) is 0 Å². The first-order valence-electron chi connectivity index (χ1n) is 5.52. The summed E-state index contributed by atoms with van der Waals surface area (Å²) in [5.74, 6) is 0. The Morgan fingerprint density at radius 1 is 1.29 bits per heavy atom. The highest BCUT2D eigenvalue weighted by Gasteiger charge is 2.40. The topological polar surface area (TPSA) is 17.8 Å². The largest absolute Gasteiger partial charge is 0.409 e. The molecule has 0 fully saturated rings. The van der Waals surface area contributed by atoms with Gasteiger partial charge in [-0.1, -0.05) is 25.5 Å². The van der Waals surface area contributed by atoms with Crippen LogP contribution < -0.4 is 0 Å². The summed E-state index contributed by atoms with van der Waals surface area (Å²) in [5, 5.41) is 0. The number of hydrogen-bond donors (Lipinski definition) is 0. The fourth-order valence-electron chi connectivity index (χ4n) is 1.96. The van der Waals surface area contributed by atoms with E-state index in [1.807, 2.05) is 0 Å². The molecule has 0 saturated carbocycles. The van der Waals surface area contributed by atoms with Gasteiger partial charge in [-0.2, -0.15) is 13.2 Å². The summed E-state index contributed by atoms with van der Waals surface area (Å²) in [5.41, 5.74) is 1.13. The molecule has 0 aliphatic rings. The Morgan fingerprint density at radius 3 is 2.65 bits per heavy atom. The molecule has 0 N–H and O–H groups in total. The molecule has 0 aliphatic carbocycles. The average molecular weight is 242 g/mol. The van der Waals surface area contributed by atoms with E-state index < -0.39 is 12.2 Å². The number of hydrogen-bond acceptors (Lipinski definition) is 1. The molecule has 5 heteroatoms. The quantitative estimate of drug-likeness (QED) is 0.797. The summed E-state index contributed by atoms with van der Waals surface area (Å²) >= 11 is 0.